The number of amides is 1. The van der Waals surface area contributed by atoms with E-state index in [2.05, 4.69) is 0 Å². The molecule has 0 spiro atoms. The van der Waals surface area contributed by atoms with Gasteiger partial charge in [-0.05, 0) is 56.0 Å². The lowest BCUT2D eigenvalue weighted by Crippen LogP contribution is -2.31. The van der Waals surface area contributed by atoms with Gasteiger partial charge in [0.05, 0.1) is 24.3 Å². The van der Waals surface area contributed by atoms with Crippen molar-refractivity contribution in [3.63, 3.8) is 0 Å². The second-order valence-corrected chi connectivity index (χ2v) is 9.31. The van der Waals surface area contributed by atoms with Crippen molar-refractivity contribution in [2.75, 3.05) is 26.9 Å². The number of methoxy groups -OCH3 is 1. The quantitative estimate of drug-likeness (QED) is 0.211. The number of hydrogen-bond donors (Lipinski definition) is 1. The Bertz CT molecular complexity index is 1070. The highest BCUT2D eigenvalue weighted by molar-refractivity contribution is 6.46. The van der Waals surface area contributed by atoms with Crippen LogP contribution in [0.15, 0.2) is 54.1 Å². The molecule has 7 nitrogen and oxygen atoms in total. The molecule has 3 rings (SSSR count). The van der Waals surface area contributed by atoms with Gasteiger partial charge in [0.2, 0.25) is 0 Å². The third kappa shape index (κ3) is 6.42. The summed E-state index contributed by atoms with van der Waals surface area (Å²) >= 11 is 0. The number of aliphatic hydroxyl groups excluding tert-OH is 1. The van der Waals surface area contributed by atoms with Crippen molar-refractivity contribution in [3.8, 4) is 11.5 Å². The van der Waals surface area contributed by atoms with Crippen LogP contribution in [-0.2, 0) is 14.3 Å². The van der Waals surface area contributed by atoms with Crippen LogP contribution in [0.4, 0.5) is 0 Å². The molecule has 0 aliphatic carbocycles. The zero-order valence-corrected chi connectivity index (χ0v) is 21.1. The van der Waals surface area contributed by atoms with Gasteiger partial charge >= 0.3 is 0 Å². The lowest BCUT2D eigenvalue weighted by molar-refractivity contribution is -0.140. The van der Waals surface area contributed by atoms with Crippen LogP contribution in [-0.4, -0.2) is 54.7 Å². The summed E-state index contributed by atoms with van der Waals surface area (Å²) in [6, 6.07) is 13.5. The molecule has 0 bridgehead atoms. The summed E-state index contributed by atoms with van der Waals surface area (Å²) in [7, 11) is 1.59. The normalized spacial score (nSPS) is 17.5. The fourth-order valence-corrected chi connectivity index (χ4v) is 4.02. The van der Waals surface area contributed by atoms with E-state index in [0.29, 0.717) is 54.7 Å². The van der Waals surface area contributed by atoms with Gasteiger partial charge in [0.1, 0.15) is 17.3 Å². The molecule has 0 saturated carbocycles. The van der Waals surface area contributed by atoms with E-state index in [4.69, 9.17) is 14.2 Å². The summed E-state index contributed by atoms with van der Waals surface area (Å²) in [5.74, 6) is -0.0357. The minimum absolute atomic E-state index is 0.0353. The predicted molar refractivity (Wildman–Crippen MR) is 134 cm³/mol. The number of ketones is 1. The molecule has 2 aromatic carbocycles. The third-order valence-corrected chi connectivity index (χ3v) is 5.52. The molecule has 1 heterocycles. The lowest BCUT2D eigenvalue weighted by atomic mass is 9.95. The summed E-state index contributed by atoms with van der Waals surface area (Å²) in [5.41, 5.74) is 1.16. The van der Waals surface area contributed by atoms with Crippen molar-refractivity contribution < 1.29 is 28.9 Å². The Morgan fingerprint density at radius 1 is 1.03 bits per heavy atom. The molecular weight excluding hydrogens is 446 g/mol. The van der Waals surface area contributed by atoms with Gasteiger partial charge in [0, 0.05) is 25.8 Å². The van der Waals surface area contributed by atoms with Gasteiger partial charge in [0.15, 0.2) is 0 Å². The number of carbonyl (C=O) groups excluding carboxylic acids is 2. The molecule has 1 fully saturated rings. The highest BCUT2D eigenvalue weighted by atomic mass is 16.5. The zero-order valence-electron chi connectivity index (χ0n) is 21.1. The summed E-state index contributed by atoms with van der Waals surface area (Å²) in [5, 5.41) is 11.3. The Morgan fingerprint density at radius 2 is 1.74 bits per heavy atom. The fraction of sp³-hybridized carbons (Fsp3) is 0.429. The molecule has 0 aromatic heterocycles. The van der Waals surface area contributed by atoms with Crippen molar-refractivity contribution in [1.29, 1.82) is 0 Å². The maximum absolute atomic E-state index is 13.2. The monoisotopic (exact) mass is 481 g/mol. The van der Waals surface area contributed by atoms with Gasteiger partial charge in [-0.25, -0.2) is 0 Å². The largest absolute Gasteiger partial charge is 0.507 e. The lowest BCUT2D eigenvalue weighted by Gasteiger charge is -2.26. The van der Waals surface area contributed by atoms with E-state index < -0.39 is 17.7 Å². The molecule has 1 saturated heterocycles. The molecule has 1 aliphatic heterocycles. The van der Waals surface area contributed by atoms with Gasteiger partial charge in [-0.2, -0.15) is 0 Å². The third-order valence-electron chi connectivity index (χ3n) is 5.52. The predicted octanol–water partition coefficient (Wildman–Crippen LogP) is 4.97. The number of ether oxygens (including phenoxy) is 3. The molecule has 1 unspecified atom stereocenters. The van der Waals surface area contributed by atoms with Gasteiger partial charge in [-0.1, -0.05) is 38.1 Å². The summed E-state index contributed by atoms with van der Waals surface area (Å²) < 4.78 is 16.8. The minimum atomic E-state index is -0.747. The number of Topliss-reactive ketones (excluding diaryl/α,β-unsaturated/α-hetero) is 1. The molecular formula is C28H35NO6. The van der Waals surface area contributed by atoms with Crippen LogP contribution in [0.2, 0.25) is 0 Å². The molecule has 2 aromatic rings. The van der Waals surface area contributed by atoms with Crippen LogP contribution in [0.3, 0.4) is 0 Å². The van der Waals surface area contributed by atoms with Crippen molar-refractivity contribution in [2.45, 2.75) is 46.3 Å². The molecule has 188 valence electrons. The van der Waals surface area contributed by atoms with Crippen LogP contribution >= 0.6 is 0 Å². The van der Waals surface area contributed by atoms with Gasteiger partial charge in [-0.3, -0.25) is 9.59 Å². The van der Waals surface area contributed by atoms with E-state index in [0.717, 1.165) is 0 Å². The van der Waals surface area contributed by atoms with Crippen molar-refractivity contribution >= 4 is 17.4 Å². The summed E-state index contributed by atoms with van der Waals surface area (Å²) in [4.78, 5) is 27.8. The number of carbonyl (C=O) groups is 2. The molecule has 1 aliphatic rings. The number of aliphatic hydroxyl groups is 1. The van der Waals surface area contributed by atoms with E-state index in [1.54, 1.807) is 31.4 Å². The minimum Gasteiger partial charge on any atom is -0.507 e. The van der Waals surface area contributed by atoms with E-state index in [1.807, 2.05) is 52.0 Å². The Morgan fingerprint density at radius 3 is 2.43 bits per heavy atom. The first-order valence-corrected chi connectivity index (χ1v) is 12.0. The Balaban J connectivity index is 2.08. The van der Waals surface area contributed by atoms with Crippen LogP contribution in [0, 0.1) is 5.92 Å². The number of likely N-dealkylation sites (tertiary alicyclic amines) is 1. The van der Waals surface area contributed by atoms with Crippen LogP contribution in [0.5, 0.6) is 11.5 Å². The molecule has 7 heteroatoms. The molecule has 1 atom stereocenters. The fourth-order valence-electron chi connectivity index (χ4n) is 4.02. The molecule has 35 heavy (non-hydrogen) atoms. The number of rotatable bonds is 11. The van der Waals surface area contributed by atoms with E-state index >= 15 is 0 Å². The summed E-state index contributed by atoms with van der Waals surface area (Å²) in [6.07, 6.45) is 0.521. The first-order valence-electron chi connectivity index (χ1n) is 12.0. The number of benzene rings is 2. The highest BCUT2D eigenvalue weighted by Crippen LogP contribution is 2.40. The Hall–Kier alpha value is -3.32. The SMILES string of the molecule is COCCCN1C(=O)C(=O)/C(=C(\O)c2cccc(OCC(C)C)c2)C1c1cccc(OC(C)C)c1. The Labute approximate surface area is 207 Å². The van der Waals surface area contributed by atoms with Crippen molar-refractivity contribution in [2.24, 2.45) is 5.92 Å². The summed E-state index contributed by atoms with van der Waals surface area (Å²) in [6.45, 7) is 9.23. The Kier molecular flexibility index (Phi) is 8.93. The zero-order chi connectivity index (χ0) is 25.5. The first-order chi connectivity index (χ1) is 16.7. The average Bonchev–Trinajstić information content (AvgIpc) is 3.07. The van der Waals surface area contributed by atoms with Crippen LogP contribution < -0.4 is 9.47 Å². The van der Waals surface area contributed by atoms with Crippen molar-refractivity contribution in [3.05, 3.63) is 65.2 Å². The first kappa shape index (κ1) is 26.3. The van der Waals surface area contributed by atoms with Gasteiger partial charge in [0.25, 0.3) is 11.7 Å². The second kappa shape index (κ2) is 11.9. The number of nitrogens with zero attached hydrogens (tertiary/aromatic N) is 1. The van der Waals surface area contributed by atoms with E-state index in [9.17, 15) is 14.7 Å². The standard InChI is InChI=1S/C28H35NO6/c1-18(2)17-34-22-11-7-10-21(16-22)26(30)24-25(20-9-6-12-23(15-20)35-19(3)4)29(13-8-14-33-5)28(32)27(24)31/h6-7,9-12,15-16,18-19,25,30H,8,13-14,17H2,1-5H3/b26-24-. The molecule has 0 radical (unpaired) electrons. The smallest absolute Gasteiger partial charge is 0.295 e. The highest BCUT2D eigenvalue weighted by Gasteiger charge is 2.45. The van der Waals surface area contributed by atoms with E-state index in [1.165, 1.54) is 4.90 Å². The average molecular weight is 482 g/mol. The maximum Gasteiger partial charge on any atom is 0.295 e. The van der Waals surface area contributed by atoms with Crippen LogP contribution in [0.25, 0.3) is 5.76 Å². The maximum atomic E-state index is 13.2. The van der Waals surface area contributed by atoms with Gasteiger partial charge in [-0.15, -0.1) is 0 Å². The molecule has 1 N–H and O–H groups in total. The topological polar surface area (TPSA) is 85.3 Å². The van der Waals surface area contributed by atoms with Gasteiger partial charge < -0.3 is 24.2 Å². The van der Waals surface area contributed by atoms with E-state index in [-0.39, 0.29) is 17.4 Å². The van der Waals surface area contributed by atoms with Crippen LogP contribution in [0.1, 0.15) is 51.3 Å². The molecule has 1 amide bonds. The number of hydrogen-bond acceptors (Lipinski definition) is 6. The van der Waals surface area contributed by atoms with Crippen molar-refractivity contribution in [1.82, 2.24) is 4.90 Å². The second-order valence-electron chi connectivity index (χ2n) is 9.31.